The first-order chi connectivity index (χ1) is 8.49. The van der Waals surface area contributed by atoms with E-state index in [4.69, 9.17) is 0 Å². The van der Waals surface area contributed by atoms with Crippen molar-refractivity contribution in [1.82, 2.24) is 4.98 Å². The van der Waals surface area contributed by atoms with E-state index in [9.17, 15) is 18.5 Å². The van der Waals surface area contributed by atoms with Crippen molar-refractivity contribution in [1.29, 1.82) is 0 Å². The number of hydrogen-bond donors (Lipinski definition) is 1. The first-order valence-corrected chi connectivity index (χ1v) is 7.02. The number of nitrogens with zero attached hydrogens (tertiary/aromatic N) is 2. The molecular formula is C9H7N3O4S2. The summed E-state index contributed by atoms with van der Waals surface area (Å²) in [6.07, 6.45) is 0.992. The summed E-state index contributed by atoms with van der Waals surface area (Å²) in [5, 5.41) is 12.0. The highest BCUT2D eigenvalue weighted by Gasteiger charge is 2.16. The van der Waals surface area contributed by atoms with E-state index < -0.39 is 14.9 Å². The van der Waals surface area contributed by atoms with Crippen LogP contribution >= 0.6 is 11.3 Å². The van der Waals surface area contributed by atoms with Crippen LogP contribution < -0.4 is 4.72 Å². The third kappa shape index (κ3) is 2.63. The van der Waals surface area contributed by atoms with Crippen molar-refractivity contribution in [3.05, 3.63) is 46.0 Å². The van der Waals surface area contributed by atoms with Gasteiger partial charge >= 0.3 is 0 Å². The number of nitrogens with one attached hydrogen (secondary N) is 1. The molecule has 0 aliphatic carbocycles. The third-order valence-electron chi connectivity index (χ3n) is 1.96. The van der Waals surface area contributed by atoms with Crippen LogP contribution in [0.1, 0.15) is 0 Å². The number of rotatable bonds is 4. The summed E-state index contributed by atoms with van der Waals surface area (Å²) in [4.78, 5) is 13.5. The Morgan fingerprint density at radius 3 is 2.61 bits per heavy atom. The number of sulfonamides is 1. The summed E-state index contributed by atoms with van der Waals surface area (Å²) < 4.78 is 26.0. The van der Waals surface area contributed by atoms with Gasteiger partial charge in [-0.25, -0.2) is 13.4 Å². The van der Waals surface area contributed by atoms with Gasteiger partial charge in [0.15, 0.2) is 0 Å². The zero-order valence-electron chi connectivity index (χ0n) is 8.81. The van der Waals surface area contributed by atoms with Crippen LogP contribution in [0.25, 0.3) is 0 Å². The number of nitro groups is 1. The van der Waals surface area contributed by atoms with E-state index >= 15 is 0 Å². The Morgan fingerprint density at radius 2 is 2.11 bits per heavy atom. The lowest BCUT2D eigenvalue weighted by atomic mass is 10.4. The molecule has 2 heterocycles. The molecule has 2 aromatic rings. The topological polar surface area (TPSA) is 102 Å². The van der Waals surface area contributed by atoms with Gasteiger partial charge in [-0.2, -0.15) is 0 Å². The Hall–Kier alpha value is -2.00. The van der Waals surface area contributed by atoms with Crippen LogP contribution in [0.4, 0.5) is 11.5 Å². The smallest absolute Gasteiger partial charge is 0.263 e. The van der Waals surface area contributed by atoms with E-state index in [1.807, 2.05) is 0 Å². The number of hydrogen-bond acceptors (Lipinski definition) is 6. The lowest BCUT2D eigenvalue weighted by molar-refractivity contribution is -0.385. The molecule has 18 heavy (non-hydrogen) atoms. The van der Waals surface area contributed by atoms with Crippen molar-refractivity contribution in [3.8, 4) is 0 Å². The van der Waals surface area contributed by atoms with Crippen molar-refractivity contribution >= 4 is 32.9 Å². The first-order valence-electron chi connectivity index (χ1n) is 4.66. The maximum absolute atomic E-state index is 11.8. The molecule has 0 aliphatic heterocycles. The molecule has 0 saturated heterocycles. The Balaban J connectivity index is 2.22. The summed E-state index contributed by atoms with van der Waals surface area (Å²) in [7, 11) is -3.67. The molecule has 1 N–H and O–H groups in total. The average Bonchev–Trinajstić information content (AvgIpc) is 2.83. The minimum atomic E-state index is -3.67. The van der Waals surface area contributed by atoms with E-state index in [0.29, 0.717) is 0 Å². The number of thiophene rings is 1. The first kappa shape index (κ1) is 12.5. The summed E-state index contributed by atoms with van der Waals surface area (Å²) in [5.41, 5.74) is -0.200. The maximum Gasteiger partial charge on any atom is 0.287 e. The second kappa shape index (κ2) is 4.70. The van der Waals surface area contributed by atoms with Crippen molar-refractivity contribution in [3.63, 3.8) is 0 Å². The van der Waals surface area contributed by atoms with Gasteiger partial charge in [-0.3, -0.25) is 14.8 Å². The molecule has 7 nitrogen and oxygen atoms in total. The Kier molecular flexibility index (Phi) is 3.26. The van der Waals surface area contributed by atoms with Crippen molar-refractivity contribution in [2.45, 2.75) is 4.21 Å². The number of anilines is 1. The van der Waals surface area contributed by atoms with Crippen molar-refractivity contribution in [2.24, 2.45) is 0 Å². The molecule has 2 aromatic heterocycles. The van der Waals surface area contributed by atoms with E-state index in [2.05, 4.69) is 9.71 Å². The van der Waals surface area contributed by atoms with Gasteiger partial charge in [0.2, 0.25) is 0 Å². The molecule has 0 atom stereocenters. The zero-order chi connectivity index (χ0) is 13.2. The molecule has 0 aliphatic rings. The average molecular weight is 285 g/mol. The lowest BCUT2D eigenvalue weighted by Crippen LogP contribution is -2.12. The predicted octanol–water partition coefficient (Wildman–Crippen LogP) is 1.85. The highest BCUT2D eigenvalue weighted by Crippen LogP contribution is 2.20. The highest BCUT2D eigenvalue weighted by molar-refractivity contribution is 7.94. The predicted molar refractivity (Wildman–Crippen MR) is 66.0 cm³/mol. The van der Waals surface area contributed by atoms with E-state index in [1.165, 1.54) is 18.2 Å². The third-order valence-corrected chi connectivity index (χ3v) is 4.71. The molecule has 0 fully saturated rings. The fourth-order valence-corrected chi connectivity index (χ4v) is 3.16. The summed E-state index contributed by atoms with van der Waals surface area (Å²) >= 11 is 1.07. The Labute approximate surface area is 106 Å². The maximum atomic E-state index is 11.8. The van der Waals surface area contributed by atoms with E-state index in [-0.39, 0.29) is 15.7 Å². The van der Waals surface area contributed by atoms with Gasteiger partial charge < -0.3 is 0 Å². The van der Waals surface area contributed by atoms with E-state index in [0.717, 1.165) is 17.5 Å². The van der Waals surface area contributed by atoms with Crippen LogP contribution in [0, 0.1) is 10.1 Å². The minimum Gasteiger partial charge on any atom is -0.263 e. The molecule has 9 heteroatoms. The summed E-state index contributed by atoms with van der Waals surface area (Å²) in [6, 6.07) is 5.49. The summed E-state index contributed by atoms with van der Waals surface area (Å²) in [6.45, 7) is 0. The Bertz CT molecular complexity index is 650. The van der Waals surface area contributed by atoms with Crippen molar-refractivity contribution in [2.75, 3.05) is 4.72 Å². The monoisotopic (exact) mass is 285 g/mol. The Morgan fingerprint density at radius 1 is 1.33 bits per heavy atom. The molecule has 0 bridgehead atoms. The largest absolute Gasteiger partial charge is 0.287 e. The van der Waals surface area contributed by atoms with Gasteiger partial charge in [0.05, 0.1) is 4.92 Å². The molecular weight excluding hydrogens is 278 g/mol. The zero-order valence-corrected chi connectivity index (χ0v) is 10.4. The van der Waals surface area contributed by atoms with Gasteiger partial charge in [0.1, 0.15) is 16.2 Å². The second-order valence-corrected chi connectivity index (χ2v) is 6.05. The van der Waals surface area contributed by atoms with Crippen LogP contribution in [0.3, 0.4) is 0 Å². The van der Waals surface area contributed by atoms with Gasteiger partial charge in [0.25, 0.3) is 15.7 Å². The molecule has 2 rings (SSSR count). The second-order valence-electron chi connectivity index (χ2n) is 3.20. The molecule has 94 valence electrons. The van der Waals surface area contributed by atoms with Crippen LogP contribution in [0.15, 0.2) is 40.1 Å². The molecule has 0 saturated carbocycles. The van der Waals surface area contributed by atoms with Crippen LogP contribution in [0.2, 0.25) is 0 Å². The standard InChI is InChI=1S/C9H7N3O4S2/c13-12(14)7-3-4-8(10-6-7)11-18(15,16)9-2-1-5-17-9/h1-6H,(H,10,11). The molecule has 0 aromatic carbocycles. The molecule has 0 unspecified atom stereocenters. The van der Waals surface area contributed by atoms with Gasteiger partial charge in [-0.1, -0.05) is 6.07 Å². The van der Waals surface area contributed by atoms with Crippen molar-refractivity contribution < 1.29 is 13.3 Å². The molecule has 0 amide bonds. The fraction of sp³-hybridized carbons (Fsp3) is 0. The van der Waals surface area contributed by atoms with Crippen LogP contribution in [0.5, 0.6) is 0 Å². The van der Waals surface area contributed by atoms with E-state index in [1.54, 1.807) is 11.4 Å². The fourth-order valence-electron chi connectivity index (χ4n) is 1.16. The number of pyridine rings is 1. The quantitative estimate of drug-likeness (QED) is 0.682. The van der Waals surface area contributed by atoms with Crippen LogP contribution in [-0.2, 0) is 10.0 Å². The van der Waals surface area contributed by atoms with Crippen LogP contribution in [-0.4, -0.2) is 18.3 Å². The number of aromatic nitrogens is 1. The highest BCUT2D eigenvalue weighted by atomic mass is 32.2. The molecule has 0 spiro atoms. The summed E-state index contributed by atoms with van der Waals surface area (Å²) in [5.74, 6) is 0.0361. The SMILES string of the molecule is O=[N+]([O-])c1ccc(NS(=O)(=O)c2cccs2)nc1. The van der Waals surface area contributed by atoms with Gasteiger partial charge in [-0.15, -0.1) is 11.3 Å². The lowest BCUT2D eigenvalue weighted by Gasteiger charge is -2.04. The van der Waals surface area contributed by atoms with Gasteiger partial charge in [-0.05, 0) is 17.5 Å². The van der Waals surface area contributed by atoms with Gasteiger partial charge in [0, 0.05) is 6.07 Å². The molecule has 0 radical (unpaired) electrons. The normalized spacial score (nSPS) is 11.1. The minimum absolute atomic E-state index is 0.0361.